The van der Waals surface area contributed by atoms with Crippen LogP contribution in [0.5, 0.6) is 0 Å². The number of aromatic amines is 1. The topological polar surface area (TPSA) is 270 Å². The zero-order chi connectivity index (χ0) is 24.3. The fourth-order valence-corrected chi connectivity index (χ4v) is 5.57. The van der Waals surface area contributed by atoms with E-state index >= 15 is 0 Å². The molecule has 2 rings (SSSR count). The van der Waals surface area contributed by atoms with Crippen molar-refractivity contribution in [3.05, 3.63) is 38.7 Å². The summed E-state index contributed by atoms with van der Waals surface area (Å²) in [7, 11) is -16.7. The van der Waals surface area contributed by atoms with E-state index in [1.165, 1.54) is 12.2 Å². The molecular weight excluding hydrogens is 503 g/mol. The van der Waals surface area contributed by atoms with Gasteiger partial charge in [-0.25, -0.2) is 18.5 Å². The van der Waals surface area contributed by atoms with Crippen molar-refractivity contribution in [1.29, 1.82) is 0 Å². The van der Waals surface area contributed by atoms with Gasteiger partial charge in [0.2, 0.25) is 0 Å². The molecule has 0 spiro atoms. The van der Waals surface area contributed by atoms with Crippen LogP contribution < -0.4 is 17.0 Å². The predicted octanol–water partition coefficient (Wildman–Crippen LogP) is -1.50. The van der Waals surface area contributed by atoms with Crippen LogP contribution in [0.3, 0.4) is 0 Å². The lowest BCUT2D eigenvalue weighted by atomic mass is 10.2. The molecule has 17 nitrogen and oxygen atoms in total. The van der Waals surface area contributed by atoms with Gasteiger partial charge in [0.25, 0.3) is 5.56 Å². The van der Waals surface area contributed by atoms with E-state index < -0.39 is 59.8 Å². The summed E-state index contributed by atoms with van der Waals surface area (Å²) in [4.78, 5) is 61.5. The molecule has 32 heavy (non-hydrogen) atoms. The maximum atomic E-state index is 12.1. The number of aromatic nitrogens is 2. The molecule has 1 saturated heterocycles. The van der Waals surface area contributed by atoms with Gasteiger partial charge in [-0.1, -0.05) is 12.2 Å². The van der Waals surface area contributed by atoms with Crippen molar-refractivity contribution < 1.29 is 56.3 Å². The molecule has 0 amide bonds. The highest BCUT2D eigenvalue weighted by Crippen LogP contribution is 2.66. The van der Waals surface area contributed by atoms with Crippen molar-refractivity contribution in [2.24, 2.45) is 5.73 Å². The van der Waals surface area contributed by atoms with Gasteiger partial charge in [-0.15, -0.1) is 0 Å². The van der Waals surface area contributed by atoms with E-state index in [1.807, 2.05) is 4.98 Å². The number of rotatable bonds is 10. The molecule has 0 saturated carbocycles. The van der Waals surface area contributed by atoms with Gasteiger partial charge in [0.1, 0.15) is 12.3 Å². The van der Waals surface area contributed by atoms with Gasteiger partial charge in [0.05, 0.1) is 18.3 Å². The number of phosphoric acid groups is 3. The van der Waals surface area contributed by atoms with Crippen LogP contribution in [0.4, 0.5) is 0 Å². The van der Waals surface area contributed by atoms with E-state index in [-0.39, 0.29) is 18.5 Å². The molecule has 1 aliphatic heterocycles. The first-order chi connectivity index (χ1) is 14.6. The van der Waals surface area contributed by atoms with E-state index in [4.69, 9.17) is 25.2 Å². The number of ether oxygens (including phenoxy) is 1. The number of aliphatic hydroxyl groups excluding tert-OH is 1. The standard InChI is InChI=1S/C12H20N3O14P3/c13-3-1-2-7-5-15(12(18)14-11(7)17)10-4-8(16)9(27-10)6-26-31(22,23)29-32(24,25)28-30(19,20)21/h1-2,5,8-10,16H,3-4,6,13H2,(H,22,23)(H,24,25)(H,14,17,18)(H2,19,20,21)/b2-1-/t8?,9-,10-/m1/s1. The monoisotopic (exact) mass is 523 g/mol. The Morgan fingerprint density at radius 1 is 1.19 bits per heavy atom. The summed E-state index contributed by atoms with van der Waals surface area (Å²) in [6, 6.07) is 0. The summed E-state index contributed by atoms with van der Waals surface area (Å²) in [6.07, 6.45) is -0.0802. The van der Waals surface area contributed by atoms with Crippen molar-refractivity contribution in [1.82, 2.24) is 9.55 Å². The average Bonchev–Trinajstić information content (AvgIpc) is 2.97. The van der Waals surface area contributed by atoms with Crippen LogP contribution >= 0.6 is 23.5 Å². The lowest BCUT2D eigenvalue weighted by molar-refractivity contribution is -0.0450. The van der Waals surface area contributed by atoms with Gasteiger partial charge < -0.3 is 35.2 Å². The highest BCUT2D eigenvalue weighted by molar-refractivity contribution is 7.66. The minimum absolute atomic E-state index is 0.0600. The summed E-state index contributed by atoms with van der Waals surface area (Å²) < 4.78 is 51.6. The molecule has 0 bridgehead atoms. The van der Waals surface area contributed by atoms with Crippen LogP contribution in [0.1, 0.15) is 18.2 Å². The van der Waals surface area contributed by atoms with E-state index in [0.29, 0.717) is 0 Å². The normalized spacial score (nSPS) is 25.6. The van der Waals surface area contributed by atoms with Crippen molar-refractivity contribution in [2.45, 2.75) is 24.9 Å². The number of nitrogens with one attached hydrogen (secondary N) is 1. The molecule has 0 aromatic carbocycles. The second-order valence-corrected chi connectivity index (χ2v) is 10.6. The number of phosphoric ester groups is 1. The molecular formula is C12H20N3O14P3. The molecule has 5 atom stereocenters. The molecule has 1 aromatic rings. The van der Waals surface area contributed by atoms with Crippen LogP contribution in [0.25, 0.3) is 6.08 Å². The number of hydrogen-bond donors (Lipinski definition) is 7. The number of aliphatic hydroxyl groups is 1. The smallest absolute Gasteiger partial charge is 0.390 e. The molecule has 8 N–H and O–H groups in total. The summed E-state index contributed by atoms with van der Waals surface area (Å²) in [5.74, 6) is 0. The van der Waals surface area contributed by atoms with Crippen molar-refractivity contribution >= 4 is 29.5 Å². The summed E-state index contributed by atoms with van der Waals surface area (Å²) >= 11 is 0. The van der Waals surface area contributed by atoms with Crippen molar-refractivity contribution in [3.63, 3.8) is 0 Å². The third-order valence-corrected chi connectivity index (χ3v) is 7.56. The fraction of sp³-hybridized carbons (Fsp3) is 0.500. The molecule has 2 heterocycles. The number of H-pyrrole nitrogens is 1. The molecule has 20 heteroatoms. The largest absolute Gasteiger partial charge is 0.490 e. The Balaban J connectivity index is 2.08. The molecule has 1 aromatic heterocycles. The first-order valence-corrected chi connectivity index (χ1v) is 13.0. The van der Waals surface area contributed by atoms with Crippen LogP contribution in [0.2, 0.25) is 0 Å². The lowest BCUT2D eigenvalue weighted by Gasteiger charge is -2.19. The van der Waals surface area contributed by atoms with Crippen LogP contribution in [0, 0.1) is 0 Å². The number of hydrogen-bond acceptors (Lipinski definition) is 11. The average molecular weight is 523 g/mol. The summed E-state index contributed by atoms with van der Waals surface area (Å²) in [5.41, 5.74) is 3.81. The predicted molar refractivity (Wildman–Crippen MR) is 104 cm³/mol. The Bertz CT molecular complexity index is 1110. The van der Waals surface area contributed by atoms with Gasteiger partial charge >= 0.3 is 29.2 Å². The molecule has 1 fully saturated rings. The number of nitrogens with two attached hydrogens (primary N) is 1. The van der Waals surface area contributed by atoms with E-state index in [1.54, 1.807) is 0 Å². The Morgan fingerprint density at radius 3 is 2.44 bits per heavy atom. The van der Waals surface area contributed by atoms with Gasteiger partial charge in [-0.05, 0) is 0 Å². The molecule has 1 aliphatic rings. The second-order valence-electron chi connectivity index (χ2n) is 6.21. The highest BCUT2D eigenvalue weighted by atomic mass is 31.3. The molecule has 0 aliphatic carbocycles. The third-order valence-electron chi connectivity index (χ3n) is 3.76. The minimum atomic E-state index is -5.70. The minimum Gasteiger partial charge on any atom is -0.390 e. The van der Waals surface area contributed by atoms with E-state index in [9.17, 15) is 33.3 Å². The zero-order valence-electron chi connectivity index (χ0n) is 15.9. The molecule has 0 radical (unpaired) electrons. The Morgan fingerprint density at radius 2 is 1.84 bits per heavy atom. The first-order valence-electron chi connectivity index (χ1n) is 8.46. The Labute approximate surface area is 178 Å². The maximum Gasteiger partial charge on any atom is 0.490 e. The van der Waals surface area contributed by atoms with Gasteiger partial charge in [0.15, 0.2) is 0 Å². The molecule has 3 unspecified atom stereocenters. The first kappa shape index (κ1) is 27.0. The summed E-state index contributed by atoms with van der Waals surface area (Å²) in [5, 5.41) is 10.1. The van der Waals surface area contributed by atoms with Crippen LogP contribution in [0.15, 0.2) is 21.9 Å². The maximum absolute atomic E-state index is 12.1. The SMILES string of the molecule is NC/C=C\c1cn([C@H]2CC(O)[C@@H](COP(=O)(O)OP(=O)(O)OP(=O)(O)O)O2)c(=O)[nH]c1=O. The fourth-order valence-electron chi connectivity index (χ4n) is 2.54. The zero-order valence-corrected chi connectivity index (χ0v) is 18.5. The van der Waals surface area contributed by atoms with Crippen LogP contribution in [-0.2, 0) is 31.6 Å². The summed E-state index contributed by atoms with van der Waals surface area (Å²) in [6.45, 7) is -0.778. The van der Waals surface area contributed by atoms with Gasteiger partial charge in [-0.3, -0.25) is 18.9 Å². The third kappa shape index (κ3) is 7.93. The van der Waals surface area contributed by atoms with E-state index in [0.717, 1.165) is 10.8 Å². The van der Waals surface area contributed by atoms with Crippen LogP contribution in [-0.4, -0.2) is 59.6 Å². The Hall–Kier alpha value is -1.29. The van der Waals surface area contributed by atoms with Crippen molar-refractivity contribution in [3.8, 4) is 0 Å². The highest BCUT2D eigenvalue weighted by Gasteiger charge is 2.43. The van der Waals surface area contributed by atoms with Gasteiger partial charge in [0, 0.05) is 19.2 Å². The van der Waals surface area contributed by atoms with Crippen molar-refractivity contribution in [2.75, 3.05) is 13.2 Å². The van der Waals surface area contributed by atoms with Gasteiger partial charge in [-0.2, -0.15) is 8.62 Å². The second kappa shape index (κ2) is 10.3. The number of nitrogens with zero attached hydrogens (tertiary/aromatic N) is 1. The Kier molecular flexibility index (Phi) is 8.70. The lowest BCUT2D eigenvalue weighted by Crippen LogP contribution is -2.33. The molecule has 182 valence electrons. The quantitative estimate of drug-likeness (QED) is 0.172. The van der Waals surface area contributed by atoms with E-state index in [2.05, 4.69) is 13.1 Å².